The van der Waals surface area contributed by atoms with Gasteiger partial charge < -0.3 is 5.11 Å². The van der Waals surface area contributed by atoms with E-state index in [1.807, 2.05) is 13.0 Å². The molecule has 0 aromatic carbocycles. The van der Waals surface area contributed by atoms with Crippen molar-refractivity contribution in [3.05, 3.63) is 23.8 Å². The van der Waals surface area contributed by atoms with Crippen molar-refractivity contribution in [2.45, 2.75) is 59.5 Å². The maximum absolute atomic E-state index is 11.7. The molecule has 6 unspecified atom stereocenters. The van der Waals surface area contributed by atoms with E-state index in [4.69, 9.17) is 0 Å². The van der Waals surface area contributed by atoms with Crippen LogP contribution in [0.25, 0.3) is 0 Å². The first-order valence-corrected chi connectivity index (χ1v) is 8.41. The van der Waals surface area contributed by atoms with Crippen LogP contribution in [0.5, 0.6) is 0 Å². The number of carbonyl (C=O) groups excluding carboxylic acids is 1. The molecule has 0 aliphatic heterocycles. The summed E-state index contributed by atoms with van der Waals surface area (Å²) in [4.78, 5) is 11.7. The average molecular weight is 288 g/mol. The zero-order valence-electron chi connectivity index (χ0n) is 13.7. The van der Waals surface area contributed by atoms with Gasteiger partial charge in [-0.3, -0.25) is 4.79 Å². The van der Waals surface area contributed by atoms with Crippen LogP contribution in [0.2, 0.25) is 0 Å². The largest absolute Gasteiger partial charge is 0.393 e. The Morgan fingerprint density at radius 1 is 1.33 bits per heavy atom. The third-order valence-corrected chi connectivity index (χ3v) is 7.27. The molecule has 2 saturated carbocycles. The molecule has 6 atom stereocenters. The van der Waals surface area contributed by atoms with Gasteiger partial charge in [0.05, 0.1) is 6.10 Å². The number of hydrogen-bond acceptors (Lipinski definition) is 2. The van der Waals surface area contributed by atoms with Crippen LogP contribution in [0.1, 0.15) is 53.4 Å². The third kappa shape index (κ3) is 2.06. The van der Waals surface area contributed by atoms with Gasteiger partial charge in [-0.1, -0.05) is 32.4 Å². The minimum absolute atomic E-state index is 0.0347. The van der Waals surface area contributed by atoms with Crippen molar-refractivity contribution < 1.29 is 9.90 Å². The molecule has 0 aromatic heterocycles. The molecule has 0 amide bonds. The van der Waals surface area contributed by atoms with Crippen molar-refractivity contribution in [2.24, 2.45) is 28.6 Å². The lowest BCUT2D eigenvalue weighted by Crippen LogP contribution is -2.52. The Morgan fingerprint density at radius 3 is 2.71 bits per heavy atom. The highest BCUT2D eigenvalue weighted by molar-refractivity contribution is 6.01. The second kappa shape index (κ2) is 4.81. The number of aliphatic hydroxyl groups excluding tert-OH is 1. The van der Waals surface area contributed by atoms with Crippen molar-refractivity contribution in [3.63, 3.8) is 0 Å². The topological polar surface area (TPSA) is 37.3 Å². The van der Waals surface area contributed by atoms with Gasteiger partial charge in [-0.05, 0) is 67.9 Å². The van der Waals surface area contributed by atoms with E-state index in [9.17, 15) is 9.90 Å². The molecule has 2 nitrogen and oxygen atoms in total. The molecule has 0 heterocycles. The second-order valence-electron chi connectivity index (χ2n) is 8.01. The van der Waals surface area contributed by atoms with E-state index in [-0.39, 0.29) is 22.7 Å². The number of rotatable bonds is 1. The van der Waals surface area contributed by atoms with Gasteiger partial charge in [-0.2, -0.15) is 0 Å². The van der Waals surface area contributed by atoms with E-state index >= 15 is 0 Å². The lowest BCUT2D eigenvalue weighted by molar-refractivity contribution is -0.111. The van der Waals surface area contributed by atoms with Crippen molar-refractivity contribution in [1.29, 1.82) is 0 Å². The predicted molar refractivity (Wildman–Crippen MR) is 84.7 cm³/mol. The highest BCUT2D eigenvalue weighted by Crippen LogP contribution is 2.60. The highest BCUT2D eigenvalue weighted by Gasteiger charge is 2.53. The van der Waals surface area contributed by atoms with Gasteiger partial charge in [0, 0.05) is 5.41 Å². The van der Waals surface area contributed by atoms with Crippen molar-refractivity contribution in [3.8, 4) is 0 Å². The summed E-state index contributed by atoms with van der Waals surface area (Å²) < 4.78 is 0. The Bertz CT molecular complexity index is 516. The van der Waals surface area contributed by atoms with Crippen LogP contribution in [-0.2, 0) is 4.79 Å². The zero-order valence-corrected chi connectivity index (χ0v) is 13.7. The lowest BCUT2D eigenvalue weighted by atomic mass is 9.47. The molecule has 0 aromatic rings. The van der Waals surface area contributed by atoms with Gasteiger partial charge in [0.1, 0.15) is 0 Å². The Morgan fingerprint density at radius 2 is 2.05 bits per heavy atom. The fraction of sp³-hybridized carbons (Fsp3) is 0.737. The van der Waals surface area contributed by atoms with Crippen LogP contribution >= 0.6 is 0 Å². The van der Waals surface area contributed by atoms with Crippen LogP contribution < -0.4 is 0 Å². The Labute approximate surface area is 128 Å². The first-order chi connectivity index (χ1) is 9.79. The first kappa shape index (κ1) is 15.0. The Kier molecular flexibility index (Phi) is 3.44. The molecule has 1 N–H and O–H groups in total. The molecule has 0 radical (unpaired) electrons. The maximum Gasteiger partial charge on any atom is 0.178 e. The molecule has 21 heavy (non-hydrogen) atoms. The van der Waals surface area contributed by atoms with Gasteiger partial charge in [-0.15, -0.1) is 0 Å². The van der Waals surface area contributed by atoms with E-state index in [2.05, 4.69) is 26.8 Å². The van der Waals surface area contributed by atoms with Gasteiger partial charge >= 0.3 is 0 Å². The SMILES string of the molecule is CC(O)C1(C)CCC2C(CCC3=CC(=O)C=CC32C)C1C. The smallest absolute Gasteiger partial charge is 0.178 e. The van der Waals surface area contributed by atoms with Crippen molar-refractivity contribution >= 4 is 5.78 Å². The lowest BCUT2D eigenvalue weighted by Gasteiger charge is -2.57. The molecule has 0 bridgehead atoms. The van der Waals surface area contributed by atoms with Crippen molar-refractivity contribution in [2.75, 3.05) is 0 Å². The van der Waals surface area contributed by atoms with Crippen LogP contribution in [0.15, 0.2) is 23.8 Å². The fourth-order valence-electron chi connectivity index (χ4n) is 5.29. The minimum Gasteiger partial charge on any atom is -0.393 e. The molecule has 0 saturated heterocycles. The standard InChI is InChI=1S/C19H28O2/c1-12-16-6-5-14-11-15(21)7-9-19(14,4)17(16)8-10-18(12,3)13(2)20/h7,9,11-13,16-17,20H,5-6,8,10H2,1-4H3. The fourth-order valence-corrected chi connectivity index (χ4v) is 5.29. The van der Waals surface area contributed by atoms with Gasteiger partial charge in [0.25, 0.3) is 0 Å². The number of carbonyl (C=O) groups is 1. The summed E-state index contributed by atoms with van der Waals surface area (Å²) in [5, 5.41) is 10.3. The quantitative estimate of drug-likeness (QED) is 0.794. The van der Waals surface area contributed by atoms with E-state index in [1.165, 1.54) is 5.57 Å². The molecule has 3 rings (SSSR count). The summed E-state index contributed by atoms with van der Waals surface area (Å²) in [7, 11) is 0. The molecular formula is C19H28O2. The maximum atomic E-state index is 11.7. The van der Waals surface area contributed by atoms with Crippen LogP contribution in [-0.4, -0.2) is 17.0 Å². The van der Waals surface area contributed by atoms with Crippen molar-refractivity contribution in [1.82, 2.24) is 0 Å². The van der Waals surface area contributed by atoms with E-state index in [1.54, 1.807) is 6.08 Å². The Balaban J connectivity index is 1.94. The minimum atomic E-state index is -0.248. The molecule has 2 heteroatoms. The summed E-state index contributed by atoms with van der Waals surface area (Å²) in [6.45, 7) is 8.86. The molecule has 116 valence electrons. The molecular weight excluding hydrogens is 260 g/mol. The van der Waals surface area contributed by atoms with Crippen LogP contribution in [0.3, 0.4) is 0 Å². The van der Waals surface area contributed by atoms with Crippen LogP contribution in [0, 0.1) is 28.6 Å². The number of hydrogen-bond donors (Lipinski definition) is 1. The number of ketones is 1. The van der Waals surface area contributed by atoms with Gasteiger partial charge in [-0.25, -0.2) is 0 Å². The summed E-state index contributed by atoms with van der Waals surface area (Å²) in [6.07, 6.45) is 9.99. The molecule has 0 spiro atoms. The highest BCUT2D eigenvalue weighted by atomic mass is 16.3. The second-order valence-corrected chi connectivity index (χ2v) is 8.01. The normalized spacial score (nSPS) is 47.4. The van der Waals surface area contributed by atoms with Crippen LogP contribution in [0.4, 0.5) is 0 Å². The first-order valence-electron chi connectivity index (χ1n) is 8.41. The van der Waals surface area contributed by atoms with E-state index in [0.29, 0.717) is 17.8 Å². The van der Waals surface area contributed by atoms with E-state index in [0.717, 1.165) is 25.7 Å². The molecule has 3 aliphatic carbocycles. The number of aliphatic hydroxyl groups is 1. The average Bonchev–Trinajstić information content (AvgIpc) is 2.43. The predicted octanol–water partition coefficient (Wildman–Crippen LogP) is 3.90. The number of fused-ring (bicyclic) bond motifs is 3. The van der Waals surface area contributed by atoms with E-state index < -0.39 is 0 Å². The summed E-state index contributed by atoms with van der Waals surface area (Å²) in [5.74, 6) is 1.95. The number of allylic oxidation sites excluding steroid dienone is 4. The monoisotopic (exact) mass is 288 g/mol. The molecule has 2 fully saturated rings. The zero-order chi connectivity index (χ0) is 15.4. The molecule has 3 aliphatic rings. The van der Waals surface area contributed by atoms with Gasteiger partial charge in [0.2, 0.25) is 0 Å². The summed E-state index contributed by atoms with van der Waals surface area (Å²) >= 11 is 0. The summed E-state index contributed by atoms with van der Waals surface area (Å²) in [6, 6.07) is 0. The Hall–Kier alpha value is -0.890. The third-order valence-electron chi connectivity index (χ3n) is 7.27. The summed E-state index contributed by atoms with van der Waals surface area (Å²) in [5.41, 5.74) is 1.43. The van der Waals surface area contributed by atoms with Gasteiger partial charge in [0.15, 0.2) is 5.78 Å².